The van der Waals surface area contributed by atoms with Gasteiger partial charge in [0.1, 0.15) is 5.75 Å². The number of methoxy groups -OCH3 is 1. The molecule has 0 saturated carbocycles. The minimum atomic E-state index is -0.253. The first kappa shape index (κ1) is 20.9. The molecule has 4 rings (SSSR count). The van der Waals surface area contributed by atoms with Gasteiger partial charge in [-0.05, 0) is 59.0 Å². The van der Waals surface area contributed by atoms with Crippen molar-refractivity contribution in [3.05, 3.63) is 112 Å². The molecule has 158 valence electrons. The Morgan fingerprint density at radius 2 is 1.84 bits per heavy atom. The summed E-state index contributed by atoms with van der Waals surface area (Å²) in [7, 11) is 1.60. The molecule has 1 heterocycles. The van der Waals surface area contributed by atoms with Gasteiger partial charge < -0.3 is 14.6 Å². The van der Waals surface area contributed by atoms with E-state index < -0.39 is 0 Å². The molecule has 1 N–H and O–H groups in total. The van der Waals surface area contributed by atoms with Gasteiger partial charge in [-0.3, -0.25) is 9.59 Å². The third-order valence-corrected chi connectivity index (χ3v) is 5.26. The minimum absolute atomic E-state index is 0.172. The number of rotatable bonds is 6. The number of hydrogen-bond donors (Lipinski definition) is 1. The Balaban J connectivity index is 1.55. The van der Waals surface area contributed by atoms with Crippen LogP contribution in [0.4, 0.5) is 0 Å². The molecule has 3 aromatic carbocycles. The lowest BCUT2D eigenvalue weighted by Crippen LogP contribution is -2.24. The summed E-state index contributed by atoms with van der Waals surface area (Å²) in [6, 6.07) is 23.7. The number of nitrogens with zero attached hydrogens (tertiary/aromatic N) is 2. The van der Waals surface area contributed by atoms with Crippen molar-refractivity contribution in [3.63, 3.8) is 0 Å². The van der Waals surface area contributed by atoms with E-state index in [4.69, 9.17) is 10.00 Å². The number of carbonyl (C=O) groups excluding carboxylic acids is 1. The Morgan fingerprint density at radius 1 is 1.03 bits per heavy atom. The molecule has 0 bridgehead atoms. The van der Waals surface area contributed by atoms with Crippen LogP contribution in [0.2, 0.25) is 0 Å². The lowest BCUT2D eigenvalue weighted by molar-refractivity contribution is 0.0951. The van der Waals surface area contributed by atoms with E-state index in [2.05, 4.69) is 11.4 Å². The highest BCUT2D eigenvalue weighted by molar-refractivity contribution is 5.98. The van der Waals surface area contributed by atoms with Gasteiger partial charge in [0.05, 0.1) is 25.3 Å². The Hall–Kier alpha value is -4.37. The number of hydrogen-bond acceptors (Lipinski definition) is 4. The van der Waals surface area contributed by atoms with Crippen LogP contribution in [0.1, 0.15) is 27.0 Å². The van der Waals surface area contributed by atoms with Gasteiger partial charge in [-0.1, -0.05) is 30.3 Å². The topological polar surface area (TPSA) is 84.1 Å². The van der Waals surface area contributed by atoms with Gasteiger partial charge in [-0.25, -0.2) is 0 Å². The second-order valence-electron chi connectivity index (χ2n) is 7.39. The van der Waals surface area contributed by atoms with Crippen molar-refractivity contribution in [1.82, 2.24) is 9.88 Å². The average molecular weight is 423 g/mol. The number of aromatic nitrogens is 1. The van der Waals surface area contributed by atoms with Gasteiger partial charge in [0.2, 0.25) is 0 Å². The molecule has 6 nitrogen and oxygen atoms in total. The molecule has 0 aliphatic carbocycles. The SMILES string of the molecule is COc1cccc(CNC(=O)c2ccc3ccn(Cc4ccc(C#N)cc4)c(=O)c3c2)c1. The Labute approximate surface area is 185 Å². The van der Waals surface area contributed by atoms with E-state index in [9.17, 15) is 9.59 Å². The third kappa shape index (κ3) is 4.52. The molecule has 1 amide bonds. The highest BCUT2D eigenvalue weighted by Gasteiger charge is 2.10. The summed E-state index contributed by atoms with van der Waals surface area (Å²) in [4.78, 5) is 25.7. The molecule has 0 fully saturated rings. The Bertz CT molecular complexity index is 1380. The zero-order chi connectivity index (χ0) is 22.5. The van der Waals surface area contributed by atoms with Crippen molar-refractivity contribution in [3.8, 4) is 11.8 Å². The van der Waals surface area contributed by atoms with Crippen molar-refractivity contribution in [2.45, 2.75) is 13.1 Å². The summed E-state index contributed by atoms with van der Waals surface area (Å²) in [5.74, 6) is 0.474. The fourth-order valence-electron chi connectivity index (χ4n) is 3.49. The van der Waals surface area contributed by atoms with Crippen LogP contribution in [0.25, 0.3) is 10.8 Å². The lowest BCUT2D eigenvalue weighted by atomic mass is 10.1. The Morgan fingerprint density at radius 3 is 2.59 bits per heavy atom. The van der Waals surface area contributed by atoms with Crippen LogP contribution >= 0.6 is 0 Å². The van der Waals surface area contributed by atoms with Gasteiger partial charge in [0.15, 0.2) is 0 Å². The summed E-state index contributed by atoms with van der Waals surface area (Å²) in [5, 5.41) is 13.1. The van der Waals surface area contributed by atoms with E-state index in [-0.39, 0.29) is 11.5 Å². The molecule has 4 aromatic rings. The summed E-state index contributed by atoms with van der Waals surface area (Å²) >= 11 is 0. The smallest absolute Gasteiger partial charge is 0.258 e. The molecule has 0 atom stereocenters. The fourth-order valence-corrected chi connectivity index (χ4v) is 3.49. The van der Waals surface area contributed by atoms with Gasteiger partial charge in [-0.2, -0.15) is 5.26 Å². The first-order valence-corrected chi connectivity index (χ1v) is 10.1. The van der Waals surface area contributed by atoms with E-state index in [0.717, 1.165) is 22.3 Å². The largest absolute Gasteiger partial charge is 0.497 e. The standard InChI is InChI=1S/C26H21N3O3/c1-32-23-4-2-3-20(13-23)16-28-25(30)22-10-9-21-11-12-29(26(31)24(21)14-22)17-19-7-5-18(15-27)6-8-19/h2-14H,16-17H2,1H3,(H,28,30). The van der Waals surface area contributed by atoms with E-state index in [0.29, 0.717) is 29.6 Å². The van der Waals surface area contributed by atoms with Crippen molar-refractivity contribution >= 4 is 16.7 Å². The Kier molecular flexibility index (Phi) is 6.00. The van der Waals surface area contributed by atoms with Gasteiger partial charge in [-0.15, -0.1) is 0 Å². The molecule has 0 aliphatic rings. The van der Waals surface area contributed by atoms with Crippen molar-refractivity contribution in [2.75, 3.05) is 7.11 Å². The summed E-state index contributed by atoms with van der Waals surface area (Å²) in [6.45, 7) is 0.735. The maximum Gasteiger partial charge on any atom is 0.258 e. The van der Waals surface area contributed by atoms with Crippen LogP contribution in [-0.2, 0) is 13.1 Å². The molecule has 0 aliphatic heterocycles. The molecular weight excluding hydrogens is 402 g/mol. The predicted octanol–water partition coefficient (Wildman–Crippen LogP) is 3.86. The predicted molar refractivity (Wildman–Crippen MR) is 123 cm³/mol. The second-order valence-corrected chi connectivity index (χ2v) is 7.39. The maximum atomic E-state index is 13.0. The van der Waals surface area contributed by atoms with E-state index in [1.54, 1.807) is 48.2 Å². The normalized spacial score (nSPS) is 10.5. The number of fused-ring (bicyclic) bond motifs is 1. The molecule has 1 aromatic heterocycles. The zero-order valence-electron chi connectivity index (χ0n) is 17.5. The maximum absolute atomic E-state index is 13.0. The average Bonchev–Trinajstić information content (AvgIpc) is 2.84. The lowest BCUT2D eigenvalue weighted by Gasteiger charge is -2.10. The van der Waals surface area contributed by atoms with Crippen molar-refractivity contribution in [2.24, 2.45) is 0 Å². The van der Waals surface area contributed by atoms with Crippen molar-refractivity contribution in [1.29, 1.82) is 5.26 Å². The first-order valence-electron chi connectivity index (χ1n) is 10.1. The first-order chi connectivity index (χ1) is 15.6. The number of carbonyl (C=O) groups is 1. The van der Waals surface area contributed by atoms with Crippen LogP contribution in [0.15, 0.2) is 83.8 Å². The number of ether oxygens (including phenoxy) is 1. The van der Waals surface area contributed by atoms with Crippen LogP contribution in [0, 0.1) is 11.3 Å². The summed E-state index contributed by atoms with van der Waals surface area (Å²) < 4.78 is 6.81. The highest BCUT2D eigenvalue weighted by Crippen LogP contribution is 2.15. The number of benzene rings is 3. The van der Waals surface area contributed by atoms with Crippen molar-refractivity contribution < 1.29 is 9.53 Å². The zero-order valence-corrected chi connectivity index (χ0v) is 17.5. The van der Waals surface area contributed by atoms with Crippen LogP contribution in [0.3, 0.4) is 0 Å². The highest BCUT2D eigenvalue weighted by atomic mass is 16.5. The molecule has 6 heteroatoms. The minimum Gasteiger partial charge on any atom is -0.497 e. The monoisotopic (exact) mass is 423 g/mol. The van der Waals surface area contributed by atoms with E-state index >= 15 is 0 Å². The fraction of sp³-hybridized carbons (Fsp3) is 0.115. The van der Waals surface area contributed by atoms with E-state index in [1.165, 1.54) is 0 Å². The van der Waals surface area contributed by atoms with Gasteiger partial charge >= 0.3 is 0 Å². The van der Waals surface area contributed by atoms with Gasteiger partial charge in [0, 0.05) is 23.7 Å². The molecule has 32 heavy (non-hydrogen) atoms. The van der Waals surface area contributed by atoms with Crippen LogP contribution in [-0.4, -0.2) is 17.6 Å². The van der Waals surface area contributed by atoms with Crippen LogP contribution in [0.5, 0.6) is 5.75 Å². The number of pyridine rings is 1. The van der Waals surface area contributed by atoms with Gasteiger partial charge in [0.25, 0.3) is 11.5 Å². The number of nitrogens with one attached hydrogen (secondary N) is 1. The molecule has 0 spiro atoms. The quantitative estimate of drug-likeness (QED) is 0.510. The van der Waals surface area contributed by atoms with E-state index in [1.807, 2.05) is 42.5 Å². The number of nitriles is 1. The summed E-state index contributed by atoms with van der Waals surface area (Å²) in [5.41, 5.74) is 2.66. The molecule has 0 saturated heterocycles. The second kappa shape index (κ2) is 9.19. The number of amides is 1. The summed E-state index contributed by atoms with van der Waals surface area (Å²) in [6.07, 6.45) is 1.74. The third-order valence-electron chi connectivity index (χ3n) is 5.26. The van der Waals surface area contributed by atoms with Crippen LogP contribution < -0.4 is 15.6 Å². The molecule has 0 unspecified atom stereocenters. The molecular formula is C26H21N3O3. The molecule has 0 radical (unpaired) electrons.